The first-order chi connectivity index (χ1) is 6.39. The van der Waals surface area contributed by atoms with Crippen LogP contribution in [0.15, 0.2) is 4.40 Å². The van der Waals surface area contributed by atoms with Gasteiger partial charge in [0.15, 0.2) is 0 Å². The Labute approximate surface area is 89.3 Å². The molecule has 1 aliphatic rings. The van der Waals surface area contributed by atoms with Crippen molar-refractivity contribution in [3.63, 3.8) is 0 Å². The zero-order valence-electron chi connectivity index (χ0n) is 9.32. The van der Waals surface area contributed by atoms with Crippen molar-refractivity contribution in [1.29, 1.82) is 0 Å². The lowest BCUT2D eigenvalue weighted by molar-refractivity contribution is 0.0982. The Hall–Kier alpha value is -0.0600. The molecular formula is C10H19NO2S. The van der Waals surface area contributed by atoms with E-state index < -0.39 is 11.4 Å². The van der Waals surface area contributed by atoms with E-state index in [0.717, 1.165) is 12.8 Å². The van der Waals surface area contributed by atoms with Crippen LogP contribution in [-0.4, -0.2) is 27.7 Å². The SMILES string of the molecule is C[C@H](C=N[S+]([O-])C(C)(C)C)OC1CC1. The van der Waals surface area contributed by atoms with Gasteiger partial charge in [0.25, 0.3) is 0 Å². The lowest BCUT2D eigenvalue weighted by Crippen LogP contribution is -2.26. The summed E-state index contributed by atoms with van der Waals surface area (Å²) in [5.74, 6) is 0. The molecule has 1 rings (SSSR count). The van der Waals surface area contributed by atoms with Gasteiger partial charge in [-0.05, 0) is 40.5 Å². The maximum atomic E-state index is 11.5. The fourth-order valence-electron chi connectivity index (χ4n) is 0.842. The predicted molar refractivity (Wildman–Crippen MR) is 60.0 cm³/mol. The van der Waals surface area contributed by atoms with Gasteiger partial charge in [0.05, 0.1) is 18.4 Å². The summed E-state index contributed by atoms with van der Waals surface area (Å²) in [6.07, 6.45) is 4.36. The van der Waals surface area contributed by atoms with Gasteiger partial charge in [-0.1, -0.05) is 4.40 Å². The number of nitrogens with zero attached hydrogens (tertiary/aromatic N) is 1. The lowest BCUT2D eigenvalue weighted by atomic mass is 10.3. The lowest BCUT2D eigenvalue weighted by Gasteiger charge is -2.18. The summed E-state index contributed by atoms with van der Waals surface area (Å²) >= 11 is -1.16. The molecule has 0 amide bonds. The van der Waals surface area contributed by atoms with Crippen molar-refractivity contribution in [2.75, 3.05) is 0 Å². The van der Waals surface area contributed by atoms with Gasteiger partial charge in [-0.25, -0.2) is 0 Å². The Kier molecular flexibility index (Phi) is 3.98. The van der Waals surface area contributed by atoms with Crippen molar-refractivity contribution in [3.8, 4) is 0 Å². The summed E-state index contributed by atoms with van der Waals surface area (Å²) in [5, 5.41) is 0. The largest absolute Gasteiger partial charge is 0.591 e. The van der Waals surface area contributed by atoms with E-state index in [2.05, 4.69) is 4.40 Å². The highest BCUT2D eigenvalue weighted by atomic mass is 32.2. The third-order valence-electron chi connectivity index (χ3n) is 1.82. The van der Waals surface area contributed by atoms with Gasteiger partial charge in [0.1, 0.15) is 16.1 Å². The zero-order chi connectivity index (χ0) is 10.8. The van der Waals surface area contributed by atoms with Crippen molar-refractivity contribution < 1.29 is 9.29 Å². The maximum absolute atomic E-state index is 11.5. The smallest absolute Gasteiger partial charge is 0.144 e. The molecule has 0 aromatic rings. The van der Waals surface area contributed by atoms with Crippen LogP contribution in [0, 0.1) is 0 Å². The van der Waals surface area contributed by atoms with Gasteiger partial charge in [0, 0.05) is 0 Å². The second kappa shape index (κ2) is 4.64. The monoisotopic (exact) mass is 217 g/mol. The first kappa shape index (κ1) is 12.0. The highest BCUT2D eigenvalue weighted by Crippen LogP contribution is 2.24. The van der Waals surface area contributed by atoms with Crippen LogP contribution in [0.5, 0.6) is 0 Å². The molecule has 1 saturated carbocycles. The van der Waals surface area contributed by atoms with Gasteiger partial charge in [0.2, 0.25) is 0 Å². The van der Waals surface area contributed by atoms with Crippen LogP contribution >= 0.6 is 0 Å². The van der Waals surface area contributed by atoms with E-state index in [0.29, 0.717) is 6.10 Å². The number of hydrogen-bond acceptors (Lipinski definition) is 3. The first-order valence-electron chi connectivity index (χ1n) is 5.01. The van der Waals surface area contributed by atoms with Crippen molar-refractivity contribution >= 4 is 17.6 Å². The standard InChI is InChI=1S/C10H19NO2S/c1-8(13-9-5-6-9)7-11-14(12)10(2,3)4/h7-9H,5-6H2,1-4H3/t8-,14?/m1/s1. The van der Waals surface area contributed by atoms with Crippen LogP contribution < -0.4 is 0 Å². The molecule has 0 N–H and O–H groups in total. The van der Waals surface area contributed by atoms with Crippen molar-refractivity contribution in [3.05, 3.63) is 0 Å². The minimum absolute atomic E-state index is 0.0196. The van der Waals surface area contributed by atoms with Crippen molar-refractivity contribution in [2.24, 2.45) is 4.40 Å². The Morgan fingerprint density at radius 1 is 1.50 bits per heavy atom. The molecule has 0 saturated heterocycles. The average molecular weight is 217 g/mol. The van der Waals surface area contributed by atoms with E-state index in [-0.39, 0.29) is 10.9 Å². The van der Waals surface area contributed by atoms with Crippen LogP contribution in [0.25, 0.3) is 0 Å². The Bertz CT molecular complexity index is 209. The third-order valence-corrected chi connectivity index (χ3v) is 3.18. The van der Waals surface area contributed by atoms with Gasteiger partial charge in [-0.15, -0.1) is 0 Å². The number of ether oxygens (including phenoxy) is 1. The fraction of sp³-hybridized carbons (Fsp3) is 0.900. The van der Waals surface area contributed by atoms with Gasteiger partial charge in [-0.2, -0.15) is 0 Å². The second-order valence-electron chi connectivity index (χ2n) is 4.66. The summed E-state index contributed by atoms with van der Waals surface area (Å²) < 4.78 is 20.8. The normalized spacial score (nSPS) is 22.6. The molecule has 14 heavy (non-hydrogen) atoms. The Morgan fingerprint density at radius 2 is 2.07 bits per heavy atom. The zero-order valence-corrected chi connectivity index (χ0v) is 10.1. The summed E-state index contributed by atoms with van der Waals surface area (Å²) in [7, 11) is 0. The molecule has 0 spiro atoms. The first-order valence-corrected chi connectivity index (χ1v) is 6.12. The predicted octanol–water partition coefficient (Wildman–Crippen LogP) is 2.09. The highest BCUT2D eigenvalue weighted by molar-refractivity contribution is 7.91. The minimum atomic E-state index is -1.16. The molecule has 1 fully saturated rings. The molecule has 0 aliphatic heterocycles. The molecule has 0 radical (unpaired) electrons. The molecule has 82 valence electrons. The summed E-state index contributed by atoms with van der Waals surface area (Å²) in [6.45, 7) is 7.66. The van der Waals surface area contributed by atoms with Crippen LogP contribution in [0.4, 0.5) is 0 Å². The van der Waals surface area contributed by atoms with Crippen LogP contribution in [0.3, 0.4) is 0 Å². The molecular weight excluding hydrogens is 198 g/mol. The van der Waals surface area contributed by atoms with E-state index >= 15 is 0 Å². The van der Waals surface area contributed by atoms with E-state index in [1.807, 2.05) is 27.7 Å². The van der Waals surface area contributed by atoms with Crippen molar-refractivity contribution in [2.45, 2.75) is 57.5 Å². The van der Waals surface area contributed by atoms with Crippen molar-refractivity contribution in [1.82, 2.24) is 0 Å². The molecule has 0 aromatic heterocycles. The molecule has 2 atom stereocenters. The van der Waals surface area contributed by atoms with E-state index in [9.17, 15) is 4.55 Å². The number of hydrogen-bond donors (Lipinski definition) is 0. The van der Waals surface area contributed by atoms with Gasteiger partial charge >= 0.3 is 0 Å². The van der Waals surface area contributed by atoms with E-state index in [1.165, 1.54) is 0 Å². The average Bonchev–Trinajstić information content (AvgIpc) is 2.82. The molecule has 3 nitrogen and oxygen atoms in total. The van der Waals surface area contributed by atoms with Gasteiger partial charge in [-0.3, -0.25) is 0 Å². The highest BCUT2D eigenvalue weighted by Gasteiger charge is 2.27. The van der Waals surface area contributed by atoms with Crippen LogP contribution in [0.1, 0.15) is 40.5 Å². The third kappa shape index (κ3) is 4.44. The minimum Gasteiger partial charge on any atom is -0.591 e. The Morgan fingerprint density at radius 3 is 2.50 bits per heavy atom. The maximum Gasteiger partial charge on any atom is 0.144 e. The van der Waals surface area contributed by atoms with E-state index in [1.54, 1.807) is 6.21 Å². The van der Waals surface area contributed by atoms with Gasteiger partial charge < -0.3 is 9.29 Å². The summed E-state index contributed by atoms with van der Waals surface area (Å²) in [5.41, 5.74) is 0. The Balaban J connectivity index is 2.29. The second-order valence-corrected chi connectivity index (χ2v) is 6.59. The summed E-state index contributed by atoms with van der Waals surface area (Å²) in [4.78, 5) is 0. The molecule has 4 heteroatoms. The topological polar surface area (TPSA) is 44.7 Å². The van der Waals surface area contributed by atoms with Crippen LogP contribution in [0.2, 0.25) is 0 Å². The fourth-order valence-corrected chi connectivity index (χ4v) is 1.44. The molecule has 0 bridgehead atoms. The quantitative estimate of drug-likeness (QED) is 0.534. The summed E-state index contributed by atoms with van der Waals surface area (Å²) in [6, 6.07) is 0. The molecule has 0 heterocycles. The molecule has 0 aromatic carbocycles. The number of rotatable bonds is 4. The molecule has 1 aliphatic carbocycles. The van der Waals surface area contributed by atoms with Crippen LogP contribution in [-0.2, 0) is 16.1 Å². The molecule has 1 unspecified atom stereocenters. The van der Waals surface area contributed by atoms with E-state index in [4.69, 9.17) is 4.74 Å².